The largest absolute Gasteiger partial charge is 0.356 e. The lowest BCUT2D eigenvalue weighted by molar-refractivity contribution is 0.683. The van der Waals surface area contributed by atoms with Crippen LogP contribution in [0.4, 0.5) is 0 Å². The molecule has 1 aromatic heterocycles. The van der Waals surface area contributed by atoms with Crippen LogP contribution >= 0.6 is 35.3 Å². The maximum atomic E-state index is 4.23. The van der Waals surface area contributed by atoms with Crippen molar-refractivity contribution in [1.82, 2.24) is 10.6 Å². The Morgan fingerprint density at radius 1 is 1.16 bits per heavy atom. The molecule has 19 heavy (non-hydrogen) atoms. The molecule has 2 N–H and O–H groups in total. The summed E-state index contributed by atoms with van der Waals surface area (Å²) in [5, 5.41) is 6.69. The Kier molecular flexibility index (Phi) is 11.3. The van der Waals surface area contributed by atoms with E-state index in [1.807, 2.05) is 18.4 Å². The van der Waals surface area contributed by atoms with Crippen molar-refractivity contribution in [3.63, 3.8) is 0 Å². The minimum atomic E-state index is 0. The number of halogens is 1. The molecule has 1 rings (SSSR count). The lowest BCUT2D eigenvalue weighted by Gasteiger charge is -2.10. The van der Waals surface area contributed by atoms with Crippen LogP contribution < -0.4 is 10.6 Å². The quantitative estimate of drug-likeness (QED) is 0.319. The first kappa shape index (κ1) is 18.7. The molecule has 0 spiro atoms. The highest BCUT2D eigenvalue weighted by molar-refractivity contribution is 14.0. The lowest BCUT2D eigenvalue weighted by Crippen LogP contribution is -2.37. The smallest absolute Gasteiger partial charge is 0.191 e. The fraction of sp³-hybridized carbons (Fsp3) is 0.643. The van der Waals surface area contributed by atoms with E-state index in [-0.39, 0.29) is 24.0 Å². The zero-order chi connectivity index (χ0) is 13.2. The maximum absolute atomic E-state index is 4.23. The molecule has 0 aliphatic heterocycles. The van der Waals surface area contributed by atoms with Crippen LogP contribution in [0.3, 0.4) is 0 Å². The van der Waals surface area contributed by atoms with Crippen molar-refractivity contribution in [3.05, 3.63) is 21.9 Å². The van der Waals surface area contributed by atoms with Crippen LogP contribution in [0, 0.1) is 0 Å². The summed E-state index contributed by atoms with van der Waals surface area (Å²) in [5.41, 5.74) is 0. The third-order valence-corrected chi connectivity index (χ3v) is 4.02. The zero-order valence-corrected chi connectivity index (χ0v) is 15.3. The van der Waals surface area contributed by atoms with E-state index in [1.165, 1.54) is 29.0 Å². The van der Waals surface area contributed by atoms with Crippen molar-refractivity contribution in [2.45, 2.75) is 46.1 Å². The Bertz CT molecular complexity index is 363. The van der Waals surface area contributed by atoms with E-state index in [9.17, 15) is 0 Å². The van der Waals surface area contributed by atoms with Gasteiger partial charge in [0.1, 0.15) is 0 Å². The number of nitrogens with zero attached hydrogens (tertiary/aromatic N) is 1. The molecule has 0 saturated heterocycles. The Hall–Kier alpha value is -0.300. The van der Waals surface area contributed by atoms with Gasteiger partial charge in [0, 0.05) is 23.3 Å². The second-order valence-electron chi connectivity index (χ2n) is 4.28. The van der Waals surface area contributed by atoms with Crippen LogP contribution in [0.25, 0.3) is 0 Å². The van der Waals surface area contributed by atoms with E-state index < -0.39 is 0 Å². The minimum Gasteiger partial charge on any atom is -0.356 e. The number of nitrogens with one attached hydrogen (secondary N) is 2. The van der Waals surface area contributed by atoms with Crippen LogP contribution in [-0.4, -0.2) is 19.6 Å². The van der Waals surface area contributed by atoms with Gasteiger partial charge in [0.2, 0.25) is 0 Å². The van der Waals surface area contributed by atoms with Crippen molar-refractivity contribution >= 4 is 41.3 Å². The Morgan fingerprint density at radius 3 is 2.47 bits per heavy atom. The number of hydrogen-bond donors (Lipinski definition) is 2. The van der Waals surface area contributed by atoms with E-state index in [2.05, 4.69) is 41.6 Å². The summed E-state index contributed by atoms with van der Waals surface area (Å²) in [4.78, 5) is 7.03. The molecule has 0 unspecified atom stereocenters. The summed E-state index contributed by atoms with van der Waals surface area (Å²) >= 11 is 1.87. The van der Waals surface area contributed by atoms with Crippen LogP contribution in [0.5, 0.6) is 0 Å². The van der Waals surface area contributed by atoms with Crippen molar-refractivity contribution in [2.24, 2.45) is 4.99 Å². The van der Waals surface area contributed by atoms with Gasteiger partial charge in [-0.05, 0) is 25.0 Å². The molecule has 0 bridgehead atoms. The highest BCUT2D eigenvalue weighted by Crippen LogP contribution is 2.16. The van der Waals surface area contributed by atoms with E-state index in [0.717, 1.165) is 25.5 Å². The van der Waals surface area contributed by atoms with Gasteiger partial charge in [-0.1, -0.05) is 26.7 Å². The molecule has 0 fully saturated rings. The number of aliphatic imine (C=N–C) groups is 1. The molecule has 0 amide bonds. The number of aryl methyl sites for hydroxylation is 1. The molecule has 0 aliphatic rings. The number of rotatable bonds is 7. The van der Waals surface area contributed by atoms with Gasteiger partial charge >= 0.3 is 0 Å². The second kappa shape index (κ2) is 11.5. The number of hydrogen-bond acceptors (Lipinski definition) is 2. The molecule has 0 radical (unpaired) electrons. The summed E-state index contributed by atoms with van der Waals surface area (Å²) in [6.45, 7) is 6.27. The first-order valence-corrected chi connectivity index (χ1v) is 7.63. The third kappa shape index (κ3) is 7.77. The highest BCUT2D eigenvalue weighted by Gasteiger charge is 2.00. The molecule has 0 atom stereocenters. The summed E-state index contributed by atoms with van der Waals surface area (Å²) in [6, 6.07) is 4.40. The number of thiophene rings is 1. The fourth-order valence-corrected chi connectivity index (χ4v) is 2.58. The zero-order valence-electron chi connectivity index (χ0n) is 12.2. The summed E-state index contributed by atoms with van der Waals surface area (Å²) in [5.74, 6) is 0.901. The molecular formula is C14H26IN3S. The highest BCUT2D eigenvalue weighted by atomic mass is 127. The number of guanidine groups is 1. The summed E-state index contributed by atoms with van der Waals surface area (Å²) in [7, 11) is 1.82. The second-order valence-corrected chi connectivity index (χ2v) is 5.53. The van der Waals surface area contributed by atoms with Gasteiger partial charge in [-0.2, -0.15) is 0 Å². The summed E-state index contributed by atoms with van der Waals surface area (Å²) < 4.78 is 0. The van der Waals surface area contributed by atoms with Crippen LogP contribution in [0.15, 0.2) is 17.1 Å². The molecular weight excluding hydrogens is 369 g/mol. The SMILES string of the molecule is CCCCCNC(=NC)NCc1ccc(CC)s1.I. The predicted octanol–water partition coefficient (Wildman–Crippen LogP) is 3.78. The van der Waals surface area contributed by atoms with Crippen molar-refractivity contribution in [2.75, 3.05) is 13.6 Å². The Morgan fingerprint density at radius 2 is 1.89 bits per heavy atom. The van der Waals surface area contributed by atoms with Gasteiger partial charge in [-0.3, -0.25) is 4.99 Å². The van der Waals surface area contributed by atoms with Crippen molar-refractivity contribution in [3.8, 4) is 0 Å². The summed E-state index contributed by atoms with van der Waals surface area (Å²) in [6.07, 6.45) is 4.85. The first-order valence-electron chi connectivity index (χ1n) is 6.82. The van der Waals surface area contributed by atoms with Crippen molar-refractivity contribution < 1.29 is 0 Å². The lowest BCUT2D eigenvalue weighted by atomic mass is 10.2. The van der Waals surface area contributed by atoms with Gasteiger partial charge in [-0.25, -0.2) is 0 Å². The average molecular weight is 395 g/mol. The Balaban J connectivity index is 0.00000324. The van der Waals surface area contributed by atoms with E-state index in [1.54, 1.807) is 0 Å². The monoisotopic (exact) mass is 395 g/mol. The predicted molar refractivity (Wildman–Crippen MR) is 96.8 cm³/mol. The standard InChI is InChI=1S/C14H25N3S.HI/c1-4-6-7-10-16-14(15-3)17-11-13-9-8-12(5-2)18-13;/h8-9H,4-7,10-11H2,1-3H3,(H2,15,16,17);1H. The van der Waals surface area contributed by atoms with Crippen molar-refractivity contribution in [1.29, 1.82) is 0 Å². The molecule has 0 aromatic carbocycles. The first-order chi connectivity index (χ1) is 8.80. The molecule has 0 aliphatic carbocycles. The van der Waals surface area contributed by atoms with E-state index in [4.69, 9.17) is 0 Å². The normalized spacial score (nSPS) is 11.0. The van der Waals surface area contributed by atoms with E-state index in [0.29, 0.717) is 0 Å². The molecule has 110 valence electrons. The van der Waals surface area contributed by atoms with Gasteiger partial charge in [0.15, 0.2) is 5.96 Å². The minimum absolute atomic E-state index is 0. The Labute approximate surface area is 138 Å². The molecule has 1 aromatic rings. The van der Waals surface area contributed by atoms with Crippen LogP contribution in [0.2, 0.25) is 0 Å². The van der Waals surface area contributed by atoms with Gasteiger partial charge in [0.25, 0.3) is 0 Å². The maximum Gasteiger partial charge on any atom is 0.191 e. The molecule has 5 heteroatoms. The van der Waals surface area contributed by atoms with Gasteiger partial charge in [-0.15, -0.1) is 35.3 Å². The topological polar surface area (TPSA) is 36.4 Å². The molecule has 1 heterocycles. The van der Waals surface area contributed by atoms with E-state index >= 15 is 0 Å². The average Bonchev–Trinajstić information content (AvgIpc) is 2.86. The van der Waals surface area contributed by atoms with Crippen LogP contribution in [-0.2, 0) is 13.0 Å². The third-order valence-electron chi connectivity index (χ3n) is 2.79. The number of unbranched alkanes of at least 4 members (excludes halogenated alkanes) is 2. The molecule has 3 nitrogen and oxygen atoms in total. The van der Waals surface area contributed by atoms with Gasteiger partial charge in [0.05, 0.1) is 6.54 Å². The molecule has 0 saturated carbocycles. The van der Waals surface area contributed by atoms with Gasteiger partial charge < -0.3 is 10.6 Å². The fourth-order valence-electron chi connectivity index (χ4n) is 1.68. The van der Waals surface area contributed by atoms with Crippen LogP contribution in [0.1, 0.15) is 42.9 Å².